The van der Waals surface area contributed by atoms with Crippen LogP contribution in [0, 0.1) is 5.82 Å². The molecule has 5 nitrogen and oxygen atoms in total. The predicted octanol–water partition coefficient (Wildman–Crippen LogP) is 4.04. The average molecular weight is 387 g/mol. The number of carbonyl (C=O) groups excluding carboxylic acids is 1. The van der Waals surface area contributed by atoms with Crippen LogP contribution in [0.4, 0.5) is 9.52 Å². The minimum atomic E-state index is -0.530. The molecule has 0 fully saturated rings. The number of hydrogen-bond donors (Lipinski definition) is 0. The maximum Gasteiger partial charge on any atom is 0.263 e. The van der Waals surface area contributed by atoms with Crippen LogP contribution in [0.5, 0.6) is 5.75 Å². The van der Waals surface area contributed by atoms with Crippen LogP contribution in [0.2, 0.25) is 0 Å². The van der Waals surface area contributed by atoms with Crippen molar-refractivity contribution in [3.63, 3.8) is 0 Å². The third kappa shape index (κ3) is 4.43. The van der Waals surface area contributed by atoms with Crippen molar-refractivity contribution in [2.75, 3.05) is 38.7 Å². The maximum atomic E-state index is 14.2. The number of rotatable bonds is 7. The summed E-state index contributed by atoms with van der Waals surface area (Å²) in [4.78, 5) is 21.1. The lowest BCUT2D eigenvalue weighted by molar-refractivity contribution is 0.0981. The zero-order chi connectivity index (χ0) is 19.4. The van der Waals surface area contributed by atoms with Crippen molar-refractivity contribution >= 4 is 32.6 Å². The zero-order valence-electron chi connectivity index (χ0n) is 15.6. The molecule has 0 unspecified atom stereocenters. The van der Waals surface area contributed by atoms with Crippen LogP contribution in [0.25, 0.3) is 10.2 Å². The molecule has 0 saturated heterocycles. The highest BCUT2D eigenvalue weighted by atomic mass is 32.1. The van der Waals surface area contributed by atoms with E-state index in [1.54, 1.807) is 17.0 Å². The fraction of sp³-hybridized carbons (Fsp3) is 0.300. The van der Waals surface area contributed by atoms with Gasteiger partial charge in [-0.25, -0.2) is 9.37 Å². The lowest BCUT2D eigenvalue weighted by Gasteiger charge is -2.22. The van der Waals surface area contributed by atoms with Crippen LogP contribution < -0.4 is 9.64 Å². The molecule has 0 aliphatic rings. The summed E-state index contributed by atoms with van der Waals surface area (Å²) in [6.07, 6.45) is 0. The van der Waals surface area contributed by atoms with Gasteiger partial charge < -0.3 is 9.64 Å². The second-order valence-corrected chi connectivity index (χ2v) is 7.31. The topological polar surface area (TPSA) is 45.7 Å². The SMILES string of the molecule is CCOc1ccc2nc(N(CCN(C)C)C(=O)c3ccccc3F)sc2c1. The Morgan fingerprint density at radius 2 is 1.96 bits per heavy atom. The first kappa shape index (κ1) is 19.3. The van der Waals surface area contributed by atoms with Gasteiger partial charge in [-0.2, -0.15) is 0 Å². The fourth-order valence-corrected chi connectivity index (χ4v) is 3.65. The minimum absolute atomic E-state index is 0.0468. The molecule has 0 aliphatic heterocycles. The number of hydrogen-bond acceptors (Lipinski definition) is 5. The first-order valence-corrected chi connectivity index (χ1v) is 9.55. The summed E-state index contributed by atoms with van der Waals surface area (Å²) in [5.74, 6) is -0.156. The first-order chi connectivity index (χ1) is 13.0. The van der Waals surface area contributed by atoms with E-state index in [4.69, 9.17) is 4.74 Å². The van der Waals surface area contributed by atoms with E-state index in [1.165, 1.54) is 23.5 Å². The number of carbonyl (C=O) groups is 1. The van der Waals surface area contributed by atoms with E-state index in [2.05, 4.69) is 4.98 Å². The molecule has 0 saturated carbocycles. The Hall–Kier alpha value is -2.51. The number of thiazole rings is 1. The quantitative estimate of drug-likeness (QED) is 0.614. The molecule has 27 heavy (non-hydrogen) atoms. The average Bonchev–Trinajstić information content (AvgIpc) is 3.05. The second kappa shape index (κ2) is 8.45. The largest absolute Gasteiger partial charge is 0.494 e. The van der Waals surface area contributed by atoms with Gasteiger partial charge >= 0.3 is 0 Å². The van der Waals surface area contributed by atoms with Gasteiger partial charge in [0.25, 0.3) is 5.91 Å². The summed E-state index contributed by atoms with van der Waals surface area (Å²) in [6.45, 7) is 3.56. The molecule has 0 bridgehead atoms. The van der Waals surface area contributed by atoms with E-state index in [1.807, 2.05) is 44.1 Å². The van der Waals surface area contributed by atoms with Crippen LogP contribution in [0.3, 0.4) is 0 Å². The van der Waals surface area contributed by atoms with Crippen molar-refractivity contribution in [3.05, 3.63) is 53.8 Å². The van der Waals surface area contributed by atoms with Gasteiger partial charge in [-0.15, -0.1) is 0 Å². The van der Waals surface area contributed by atoms with Gasteiger partial charge in [-0.3, -0.25) is 9.69 Å². The smallest absolute Gasteiger partial charge is 0.263 e. The predicted molar refractivity (Wildman–Crippen MR) is 107 cm³/mol. The number of halogens is 1. The van der Waals surface area contributed by atoms with Gasteiger partial charge in [-0.05, 0) is 51.4 Å². The number of anilines is 1. The van der Waals surface area contributed by atoms with E-state index < -0.39 is 5.82 Å². The number of fused-ring (bicyclic) bond motifs is 1. The molecule has 142 valence electrons. The monoisotopic (exact) mass is 387 g/mol. The molecule has 0 atom stereocenters. The van der Waals surface area contributed by atoms with Crippen LogP contribution in [0.15, 0.2) is 42.5 Å². The van der Waals surface area contributed by atoms with Crippen LogP contribution >= 0.6 is 11.3 Å². The summed E-state index contributed by atoms with van der Waals surface area (Å²) in [7, 11) is 3.86. The fourth-order valence-electron chi connectivity index (χ4n) is 2.63. The van der Waals surface area contributed by atoms with Crippen molar-refractivity contribution in [3.8, 4) is 5.75 Å². The number of benzene rings is 2. The Morgan fingerprint density at radius 3 is 2.67 bits per heavy atom. The minimum Gasteiger partial charge on any atom is -0.494 e. The number of nitrogens with zero attached hydrogens (tertiary/aromatic N) is 3. The Balaban J connectivity index is 1.98. The lowest BCUT2D eigenvalue weighted by Crippen LogP contribution is -2.37. The van der Waals surface area contributed by atoms with Gasteiger partial charge in [0.1, 0.15) is 11.6 Å². The van der Waals surface area contributed by atoms with Crippen molar-refractivity contribution < 1.29 is 13.9 Å². The Labute approximate surface area is 162 Å². The van der Waals surface area contributed by atoms with E-state index in [-0.39, 0.29) is 11.5 Å². The molecule has 3 rings (SSSR count). The number of likely N-dealkylation sites (N-methyl/N-ethyl adjacent to an activating group) is 1. The van der Waals surface area contributed by atoms with Gasteiger partial charge in [0.05, 0.1) is 22.4 Å². The number of ether oxygens (including phenoxy) is 1. The first-order valence-electron chi connectivity index (χ1n) is 8.74. The molecule has 3 aromatic rings. The Kier molecular flexibility index (Phi) is 6.03. The molecule has 7 heteroatoms. The molecule has 0 spiro atoms. The van der Waals surface area contributed by atoms with Crippen molar-refractivity contribution in [1.82, 2.24) is 9.88 Å². The third-order valence-electron chi connectivity index (χ3n) is 4.01. The zero-order valence-corrected chi connectivity index (χ0v) is 16.4. The Morgan fingerprint density at radius 1 is 1.19 bits per heavy atom. The van der Waals surface area contributed by atoms with Crippen molar-refractivity contribution in [1.29, 1.82) is 0 Å². The highest BCUT2D eigenvalue weighted by Gasteiger charge is 2.23. The summed E-state index contributed by atoms with van der Waals surface area (Å²) in [5, 5.41) is 0.550. The molecular formula is C20H22FN3O2S. The molecule has 1 aromatic heterocycles. The molecule has 1 amide bonds. The van der Waals surface area contributed by atoms with E-state index >= 15 is 0 Å². The summed E-state index contributed by atoms with van der Waals surface area (Å²) in [6, 6.07) is 11.7. The molecule has 2 aromatic carbocycles. The number of amides is 1. The van der Waals surface area contributed by atoms with Gasteiger partial charge in [-0.1, -0.05) is 23.5 Å². The molecule has 1 heterocycles. The normalized spacial score (nSPS) is 11.1. The molecule has 0 aliphatic carbocycles. The van der Waals surface area contributed by atoms with E-state index in [0.29, 0.717) is 24.8 Å². The van der Waals surface area contributed by atoms with Crippen LogP contribution in [-0.4, -0.2) is 49.6 Å². The summed E-state index contributed by atoms with van der Waals surface area (Å²) >= 11 is 1.40. The van der Waals surface area contributed by atoms with Crippen molar-refractivity contribution in [2.45, 2.75) is 6.92 Å². The summed E-state index contributed by atoms with van der Waals surface area (Å²) in [5.41, 5.74) is 0.833. The third-order valence-corrected chi connectivity index (χ3v) is 5.05. The van der Waals surface area contributed by atoms with Gasteiger partial charge in [0.15, 0.2) is 5.13 Å². The van der Waals surface area contributed by atoms with E-state index in [0.717, 1.165) is 16.0 Å². The number of aromatic nitrogens is 1. The van der Waals surface area contributed by atoms with Crippen molar-refractivity contribution in [2.24, 2.45) is 0 Å². The maximum absolute atomic E-state index is 14.2. The summed E-state index contributed by atoms with van der Waals surface area (Å²) < 4.78 is 20.6. The van der Waals surface area contributed by atoms with Crippen LogP contribution in [-0.2, 0) is 0 Å². The molecule has 0 N–H and O–H groups in total. The van der Waals surface area contributed by atoms with Crippen LogP contribution in [0.1, 0.15) is 17.3 Å². The van der Waals surface area contributed by atoms with E-state index in [9.17, 15) is 9.18 Å². The van der Waals surface area contributed by atoms with Gasteiger partial charge in [0, 0.05) is 13.1 Å². The standard InChI is InChI=1S/C20H22FN3O2S/c1-4-26-14-9-10-17-18(13-14)27-20(22-17)24(12-11-23(2)3)19(25)15-7-5-6-8-16(15)21/h5-10,13H,4,11-12H2,1-3H3. The highest BCUT2D eigenvalue weighted by molar-refractivity contribution is 7.22. The highest BCUT2D eigenvalue weighted by Crippen LogP contribution is 2.32. The molecular weight excluding hydrogens is 365 g/mol. The second-order valence-electron chi connectivity index (χ2n) is 6.30. The van der Waals surface area contributed by atoms with Gasteiger partial charge in [0.2, 0.25) is 0 Å². The Bertz CT molecular complexity index is 942. The lowest BCUT2D eigenvalue weighted by atomic mass is 10.2. The molecule has 0 radical (unpaired) electrons.